The summed E-state index contributed by atoms with van der Waals surface area (Å²) >= 11 is 5.40. The van der Waals surface area contributed by atoms with Gasteiger partial charge in [-0.1, -0.05) is 61.9 Å². The summed E-state index contributed by atoms with van der Waals surface area (Å²) in [4.78, 5) is 12.4. The largest absolute Gasteiger partial charge is 0.481 e. The number of aliphatic carboxylic acids is 1. The summed E-state index contributed by atoms with van der Waals surface area (Å²) in [6.07, 6.45) is -4.08. The Morgan fingerprint density at radius 1 is 1.19 bits per heavy atom. The molecule has 3 rings (SSSR count). The molecule has 31 heavy (non-hydrogen) atoms. The smallest absolute Gasteiger partial charge is 0.426 e. The fourth-order valence-electron chi connectivity index (χ4n) is 4.32. The second-order valence-corrected chi connectivity index (χ2v) is 8.34. The Morgan fingerprint density at radius 2 is 1.81 bits per heavy atom. The third kappa shape index (κ3) is 3.88. The SMILES string of the molecule is CC1(C)[C@@H](/C=C(/Cl)C(F)(F)F)C1(C(=O)O)[C@H](C#N)c1cccc(Oc2ccccc2)c1. The van der Waals surface area contributed by atoms with Crippen molar-refractivity contribution in [2.45, 2.75) is 25.9 Å². The number of alkyl halides is 3. The van der Waals surface area contributed by atoms with E-state index in [9.17, 15) is 28.3 Å². The summed E-state index contributed by atoms with van der Waals surface area (Å²) in [5.74, 6) is -2.74. The Labute approximate surface area is 182 Å². The highest BCUT2D eigenvalue weighted by molar-refractivity contribution is 6.30. The number of benzene rings is 2. The Hall–Kier alpha value is -2.98. The van der Waals surface area contributed by atoms with Gasteiger partial charge in [-0.05, 0) is 35.2 Å². The highest BCUT2D eigenvalue weighted by atomic mass is 35.5. The molecule has 3 atom stereocenters. The molecule has 0 amide bonds. The molecular formula is C23H19ClF3NO3. The number of allylic oxidation sites excluding steroid dienone is 2. The average Bonchev–Trinajstić information content (AvgIpc) is 3.18. The van der Waals surface area contributed by atoms with Crippen LogP contribution in [0.2, 0.25) is 0 Å². The molecular weight excluding hydrogens is 431 g/mol. The van der Waals surface area contributed by atoms with E-state index < -0.39 is 39.8 Å². The van der Waals surface area contributed by atoms with Crippen molar-refractivity contribution in [3.63, 3.8) is 0 Å². The van der Waals surface area contributed by atoms with Gasteiger partial charge < -0.3 is 9.84 Å². The van der Waals surface area contributed by atoms with Gasteiger partial charge in [0, 0.05) is 5.92 Å². The van der Waals surface area contributed by atoms with Gasteiger partial charge in [-0.3, -0.25) is 4.79 Å². The molecule has 1 aliphatic rings. The van der Waals surface area contributed by atoms with E-state index in [4.69, 9.17) is 16.3 Å². The van der Waals surface area contributed by atoms with Gasteiger partial charge in [0.25, 0.3) is 0 Å². The summed E-state index contributed by atoms with van der Waals surface area (Å²) in [5, 5.41) is 18.6. The highest BCUT2D eigenvalue weighted by Crippen LogP contribution is 2.75. The number of halogens is 4. The minimum atomic E-state index is -4.80. The first-order valence-corrected chi connectivity index (χ1v) is 9.74. The molecule has 0 spiro atoms. The Morgan fingerprint density at radius 3 is 2.35 bits per heavy atom. The predicted molar refractivity (Wildman–Crippen MR) is 109 cm³/mol. The topological polar surface area (TPSA) is 70.3 Å². The van der Waals surface area contributed by atoms with E-state index >= 15 is 0 Å². The summed E-state index contributed by atoms with van der Waals surface area (Å²) in [6, 6.07) is 17.2. The normalized spacial score (nSPS) is 23.5. The maximum absolute atomic E-state index is 13.0. The van der Waals surface area contributed by atoms with Crippen LogP contribution in [-0.2, 0) is 4.79 Å². The van der Waals surface area contributed by atoms with Crippen LogP contribution in [0.25, 0.3) is 0 Å². The van der Waals surface area contributed by atoms with Crippen LogP contribution in [0.5, 0.6) is 11.5 Å². The maximum Gasteiger partial charge on any atom is 0.426 e. The summed E-state index contributed by atoms with van der Waals surface area (Å²) in [5.41, 5.74) is -2.58. The van der Waals surface area contributed by atoms with E-state index in [0.717, 1.165) is 0 Å². The molecule has 1 saturated carbocycles. The van der Waals surface area contributed by atoms with Crippen LogP contribution in [0.1, 0.15) is 25.3 Å². The quantitative estimate of drug-likeness (QED) is 0.546. The zero-order chi connectivity index (χ0) is 23.0. The predicted octanol–water partition coefficient (Wildman–Crippen LogP) is 6.50. The van der Waals surface area contributed by atoms with E-state index in [2.05, 4.69) is 0 Å². The van der Waals surface area contributed by atoms with Crippen molar-refractivity contribution in [3.8, 4) is 17.6 Å². The molecule has 1 unspecified atom stereocenters. The molecule has 0 bridgehead atoms. The fraction of sp³-hybridized carbons (Fsp3) is 0.304. The molecule has 0 heterocycles. The van der Waals surface area contributed by atoms with Gasteiger partial charge in [-0.15, -0.1) is 0 Å². The second-order valence-electron chi connectivity index (χ2n) is 7.94. The van der Waals surface area contributed by atoms with Gasteiger partial charge in [0.2, 0.25) is 0 Å². The van der Waals surface area contributed by atoms with Crippen LogP contribution in [0, 0.1) is 28.1 Å². The standard InChI is InChI=1S/C23H19ClF3NO3/c1-21(2)18(12-19(24)23(25,26)27)22(21,20(29)30)17(13-28)14-7-6-10-16(11-14)31-15-8-4-3-5-9-15/h3-12,17-18H,1-2H3,(H,29,30)/b19-12+/t17-,18-,22?/m1/s1. The van der Waals surface area contributed by atoms with Gasteiger partial charge in [0.15, 0.2) is 0 Å². The molecule has 0 radical (unpaired) electrons. The van der Waals surface area contributed by atoms with Crippen LogP contribution >= 0.6 is 11.6 Å². The first kappa shape index (κ1) is 22.7. The zero-order valence-electron chi connectivity index (χ0n) is 16.7. The number of para-hydroxylation sites is 1. The van der Waals surface area contributed by atoms with Gasteiger partial charge in [0.1, 0.15) is 21.9 Å². The minimum Gasteiger partial charge on any atom is -0.481 e. The molecule has 1 aliphatic carbocycles. The molecule has 1 fully saturated rings. The van der Waals surface area contributed by atoms with Crippen LogP contribution < -0.4 is 4.74 Å². The fourth-order valence-corrected chi connectivity index (χ4v) is 4.45. The van der Waals surface area contributed by atoms with Crippen molar-refractivity contribution in [2.24, 2.45) is 16.7 Å². The molecule has 0 saturated heterocycles. The molecule has 2 aromatic rings. The number of rotatable bonds is 6. The van der Waals surface area contributed by atoms with E-state index in [1.54, 1.807) is 42.5 Å². The van der Waals surface area contributed by atoms with Crippen LogP contribution in [0.4, 0.5) is 13.2 Å². The second kappa shape index (κ2) is 7.93. The van der Waals surface area contributed by atoms with Crippen molar-refractivity contribution in [3.05, 3.63) is 71.3 Å². The lowest BCUT2D eigenvalue weighted by Gasteiger charge is -2.22. The van der Waals surface area contributed by atoms with Crippen LogP contribution in [0.3, 0.4) is 0 Å². The molecule has 0 aromatic heterocycles. The third-order valence-corrected chi connectivity index (χ3v) is 6.28. The molecule has 0 aliphatic heterocycles. The molecule has 2 aromatic carbocycles. The maximum atomic E-state index is 13.0. The minimum absolute atomic E-state index is 0.338. The number of carboxylic acid groups (broad SMARTS) is 1. The van der Waals surface area contributed by atoms with Crippen molar-refractivity contribution in [2.75, 3.05) is 0 Å². The number of ether oxygens (including phenoxy) is 1. The number of carbonyl (C=O) groups is 1. The van der Waals surface area contributed by atoms with Crippen LogP contribution in [0.15, 0.2) is 65.7 Å². The monoisotopic (exact) mass is 449 g/mol. The van der Waals surface area contributed by atoms with E-state index in [1.807, 2.05) is 12.1 Å². The number of nitriles is 1. The Balaban J connectivity index is 2.03. The van der Waals surface area contributed by atoms with E-state index in [0.29, 0.717) is 23.1 Å². The first-order valence-electron chi connectivity index (χ1n) is 9.36. The summed E-state index contributed by atoms with van der Waals surface area (Å²) in [6.45, 7) is 3.05. The van der Waals surface area contributed by atoms with Crippen LogP contribution in [-0.4, -0.2) is 17.3 Å². The average molecular weight is 450 g/mol. The summed E-state index contributed by atoms with van der Waals surface area (Å²) in [7, 11) is 0. The number of hydrogen-bond donors (Lipinski definition) is 1. The third-order valence-electron chi connectivity index (χ3n) is 5.94. The molecule has 162 valence electrons. The lowest BCUT2D eigenvalue weighted by atomic mass is 9.78. The zero-order valence-corrected chi connectivity index (χ0v) is 17.4. The Bertz CT molecular complexity index is 1060. The molecule has 4 nitrogen and oxygen atoms in total. The van der Waals surface area contributed by atoms with Crippen molar-refractivity contribution < 1.29 is 27.8 Å². The van der Waals surface area contributed by atoms with Crippen molar-refractivity contribution in [1.29, 1.82) is 5.26 Å². The molecule has 8 heteroatoms. The van der Waals surface area contributed by atoms with E-state index in [-0.39, 0.29) is 0 Å². The number of nitrogens with zero attached hydrogens (tertiary/aromatic N) is 1. The van der Waals surface area contributed by atoms with Gasteiger partial charge >= 0.3 is 12.1 Å². The van der Waals surface area contributed by atoms with Gasteiger partial charge in [-0.2, -0.15) is 18.4 Å². The van der Waals surface area contributed by atoms with Gasteiger partial charge in [-0.25, -0.2) is 0 Å². The van der Waals surface area contributed by atoms with Gasteiger partial charge in [0.05, 0.1) is 12.0 Å². The van der Waals surface area contributed by atoms with Crippen molar-refractivity contribution >= 4 is 17.6 Å². The summed E-state index contributed by atoms with van der Waals surface area (Å²) < 4.78 is 44.7. The lowest BCUT2D eigenvalue weighted by molar-refractivity contribution is -0.145. The van der Waals surface area contributed by atoms with E-state index in [1.165, 1.54) is 19.9 Å². The Kier molecular flexibility index (Phi) is 5.81. The number of hydrogen-bond acceptors (Lipinski definition) is 3. The number of carboxylic acids is 1. The van der Waals surface area contributed by atoms with Crippen molar-refractivity contribution in [1.82, 2.24) is 0 Å². The first-order chi connectivity index (χ1) is 14.5. The lowest BCUT2D eigenvalue weighted by Crippen LogP contribution is -2.29. The molecule has 1 N–H and O–H groups in total. The highest BCUT2D eigenvalue weighted by Gasteiger charge is 2.78.